The third kappa shape index (κ3) is 4.76. The van der Waals surface area contributed by atoms with Gasteiger partial charge in [-0.1, -0.05) is 28.9 Å². The summed E-state index contributed by atoms with van der Waals surface area (Å²) >= 11 is 5.94. The predicted molar refractivity (Wildman–Crippen MR) is 120 cm³/mol. The van der Waals surface area contributed by atoms with E-state index < -0.39 is 33.4 Å². The molecule has 1 aromatic heterocycles. The van der Waals surface area contributed by atoms with Gasteiger partial charge in [0.15, 0.2) is 9.84 Å². The van der Waals surface area contributed by atoms with Gasteiger partial charge in [0, 0.05) is 5.02 Å². The molecule has 0 saturated heterocycles. The van der Waals surface area contributed by atoms with E-state index in [9.17, 15) is 13.2 Å². The van der Waals surface area contributed by atoms with Gasteiger partial charge in [0.25, 0.3) is 0 Å². The molecule has 4 rings (SSSR count). The molecule has 9 nitrogen and oxygen atoms in total. The number of carbonyl (C=O) groups is 1. The molecule has 12 heteroatoms. The molecule has 174 valence electrons. The Labute approximate surface area is 194 Å². The molecule has 0 aliphatic carbocycles. The first-order valence-electron chi connectivity index (χ1n) is 9.90. The Balaban J connectivity index is 1.86. The van der Waals surface area contributed by atoms with Crippen molar-refractivity contribution in [1.82, 2.24) is 15.0 Å². The maximum atomic E-state index is 15.1. The van der Waals surface area contributed by atoms with E-state index in [0.29, 0.717) is 17.1 Å². The minimum atomic E-state index is -4.04. The van der Waals surface area contributed by atoms with E-state index in [0.717, 1.165) is 6.07 Å². The third-order valence-electron chi connectivity index (χ3n) is 5.07. The molecule has 3 aromatic rings. The van der Waals surface area contributed by atoms with Crippen molar-refractivity contribution in [2.45, 2.75) is 24.0 Å². The number of carbonyl (C=O) groups excluding carboxylic acids is 1. The zero-order valence-corrected chi connectivity index (χ0v) is 19.4. The second kappa shape index (κ2) is 8.82. The molecule has 0 bridgehead atoms. The van der Waals surface area contributed by atoms with Crippen LogP contribution in [0.1, 0.15) is 11.5 Å². The summed E-state index contributed by atoms with van der Waals surface area (Å²) in [5.74, 6) is -1.90. The Kier molecular flexibility index (Phi) is 6.23. The lowest BCUT2D eigenvalue weighted by molar-refractivity contribution is -0.119. The summed E-state index contributed by atoms with van der Waals surface area (Å²) in [5, 5.41) is 4.33. The summed E-state index contributed by atoms with van der Waals surface area (Å²) in [4.78, 5) is 20.0. The minimum absolute atomic E-state index is 0.00161. The molecule has 1 aliphatic heterocycles. The fraction of sp³-hybridized carbons (Fsp3) is 0.286. The Morgan fingerprint density at radius 3 is 2.64 bits per heavy atom. The lowest BCUT2D eigenvalue weighted by atomic mass is 10.1. The number of amides is 1. The van der Waals surface area contributed by atoms with Gasteiger partial charge in [0.2, 0.25) is 17.6 Å². The van der Waals surface area contributed by atoms with Crippen molar-refractivity contribution in [2.24, 2.45) is 5.73 Å². The number of sulfone groups is 1. The van der Waals surface area contributed by atoms with Crippen molar-refractivity contribution in [3.05, 3.63) is 58.7 Å². The maximum Gasteiger partial charge on any atom is 0.245 e. The molecule has 1 aliphatic rings. The number of benzene rings is 2. The van der Waals surface area contributed by atoms with E-state index in [-0.39, 0.29) is 34.4 Å². The summed E-state index contributed by atoms with van der Waals surface area (Å²) in [6, 6.07) is 7.53. The van der Waals surface area contributed by atoms with Crippen LogP contribution in [0.25, 0.3) is 11.4 Å². The Bertz CT molecular complexity index is 1310. The maximum absolute atomic E-state index is 15.1. The standard InChI is InChI=1S/C21H21ClFN5O4S/c1-27(2)10-19-25-20(26-32-19)14-7-17-18(8-15(14)23)33(30,31)11-16(24)21(29)28(17)9-12-3-5-13(22)6-4-12/h3-8,16H,9-11,24H2,1-2H3/t16-/m0/s1. The van der Waals surface area contributed by atoms with E-state index in [1.165, 1.54) is 11.0 Å². The van der Waals surface area contributed by atoms with Gasteiger partial charge >= 0.3 is 0 Å². The Hall–Kier alpha value is -2.86. The van der Waals surface area contributed by atoms with Crippen LogP contribution in [0.15, 0.2) is 45.8 Å². The highest BCUT2D eigenvalue weighted by Gasteiger charge is 2.37. The van der Waals surface area contributed by atoms with Gasteiger partial charge in [-0.05, 0) is 43.9 Å². The average Bonchev–Trinajstić information content (AvgIpc) is 3.17. The van der Waals surface area contributed by atoms with Crippen LogP contribution < -0.4 is 10.6 Å². The highest BCUT2D eigenvalue weighted by molar-refractivity contribution is 7.91. The summed E-state index contributed by atoms with van der Waals surface area (Å²) < 4.78 is 46.1. The van der Waals surface area contributed by atoms with E-state index in [1.807, 2.05) is 0 Å². The van der Waals surface area contributed by atoms with Gasteiger partial charge < -0.3 is 20.1 Å². The molecule has 2 aromatic carbocycles. The molecular formula is C21H21ClFN5O4S. The number of hydrogen-bond acceptors (Lipinski definition) is 8. The van der Waals surface area contributed by atoms with Crippen molar-refractivity contribution < 1.29 is 22.1 Å². The van der Waals surface area contributed by atoms with Crippen LogP contribution in [0, 0.1) is 5.82 Å². The second-order valence-electron chi connectivity index (χ2n) is 7.99. The van der Waals surface area contributed by atoms with Crippen LogP contribution in [0.3, 0.4) is 0 Å². The summed E-state index contributed by atoms with van der Waals surface area (Å²) in [7, 11) is -0.431. The zero-order valence-electron chi connectivity index (χ0n) is 17.8. The van der Waals surface area contributed by atoms with Gasteiger partial charge in [-0.2, -0.15) is 4.98 Å². The molecule has 1 atom stereocenters. The molecule has 2 N–H and O–H groups in total. The van der Waals surface area contributed by atoms with Crippen LogP contribution in [0.5, 0.6) is 0 Å². The Morgan fingerprint density at radius 1 is 1.27 bits per heavy atom. The molecule has 0 saturated carbocycles. The normalized spacial score (nSPS) is 17.8. The number of hydrogen-bond donors (Lipinski definition) is 1. The van der Waals surface area contributed by atoms with Gasteiger partial charge in [-0.15, -0.1) is 0 Å². The second-order valence-corrected chi connectivity index (χ2v) is 10.4. The van der Waals surface area contributed by atoms with Gasteiger partial charge in [0.1, 0.15) is 5.82 Å². The number of anilines is 1. The quantitative estimate of drug-likeness (QED) is 0.574. The van der Waals surface area contributed by atoms with Crippen LogP contribution >= 0.6 is 11.6 Å². The van der Waals surface area contributed by atoms with Crippen molar-refractivity contribution in [1.29, 1.82) is 0 Å². The van der Waals surface area contributed by atoms with E-state index in [4.69, 9.17) is 21.9 Å². The van der Waals surface area contributed by atoms with Crippen LogP contribution in [0.2, 0.25) is 5.02 Å². The molecular weight excluding hydrogens is 473 g/mol. The van der Waals surface area contributed by atoms with Crippen LogP contribution in [0.4, 0.5) is 10.1 Å². The number of fused-ring (bicyclic) bond motifs is 1. The first kappa shape index (κ1) is 23.3. The van der Waals surface area contributed by atoms with E-state index in [2.05, 4.69) is 10.1 Å². The number of aromatic nitrogens is 2. The van der Waals surface area contributed by atoms with Crippen molar-refractivity contribution in [3.63, 3.8) is 0 Å². The number of nitrogens with zero attached hydrogens (tertiary/aromatic N) is 4. The largest absolute Gasteiger partial charge is 0.338 e. The molecule has 2 heterocycles. The number of rotatable bonds is 5. The average molecular weight is 494 g/mol. The van der Waals surface area contributed by atoms with Gasteiger partial charge in [0.05, 0.1) is 41.0 Å². The monoisotopic (exact) mass is 493 g/mol. The van der Waals surface area contributed by atoms with Crippen molar-refractivity contribution in [3.8, 4) is 11.4 Å². The first-order chi connectivity index (χ1) is 15.5. The smallest absolute Gasteiger partial charge is 0.245 e. The highest BCUT2D eigenvalue weighted by Crippen LogP contribution is 2.36. The molecule has 1 amide bonds. The van der Waals surface area contributed by atoms with Crippen LogP contribution in [-0.2, 0) is 27.7 Å². The molecule has 0 spiro atoms. The fourth-order valence-corrected chi connectivity index (χ4v) is 5.22. The zero-order chi connectivity index (χ0) is 23.9. The molecule has 0 radical (unpaired) electrons. The lowest BCUT2D eigenvalue weighted by Crippen LogP contribution is -2.45. The van der Waals surface area contributed by atoms with E-state index >= 15 is 4.39 Å². The van der Waals surface area contributed by atoms with E-state index in [1.54, 1.807) is 43.3 Å². The topological polar surface area (TPSA) is 123 Å². The van der Waals surface area contributed by atoms with Gasteiger partial charge in [-0.3, -0.25) is 4.79 Å². The fourth-order valence-electron chi connectivity index (χ4n) is 3.53. The summed E-state index contributed by atoms with van der Waals surface area (Å²) in [6.07, 6.45) is 0. The first-order valence-corrected chi connectivity index (χ1v) is 11.9. The highest BCUT2D eigenvalue weighted by atomic mass is 35.5. The third-order valence-corrected chi connectivity index (χ3v) is 7.12. The molecule has 33 heavy (non-hydrogen) atoms. The predicted octanol–water partition coefficient (Wildman–Crippen LogP) is 2.24. The van der Waals surface area contributed by atoms with Crippen LogP contribution in [-0.4, -0.2) is 55.3 Å². The van der Waals surface area contributed by atoms with Crippen molar-refractivity contribution >= 4 is 33.0 Å². The van der Waals surface area contributed by atoms with Gasteiger partial charge in [-0.25, -0.2) is 12.8 Å². The number of halogens is 2. The van der Waals surface area contributed by atoms with Crippen molar-refractivity contribution in [2.75, 3.05) is 24.7 Å². The Morgan fingerprint density at radius 2 is 1.97 bits per heavy atom. The SMILES string of the molecule is CN(C)Cc1nc(-c2cc3c(cc2F)S(=O)(=O)C[C@H](N)C(=O)N3Cc2ccc(Cl)cc2)no1. The molecule has 0 unspecified atom stereocenters. The molecule has 0 fully saturated rings. The number of nitrogens with two attached hydrogens (primary N) is 1. The lowest BCUT2D eigenvalue weighted by Gasteiger charge is -2.24. The minimum Gasteiger partial charge on any atom is -0.338 e. The summed E-state index contributed by atoms with van der Waals surface area (Å²) in [5.41, 5.74) is 6.50. The summed E-state index contributed by atoms with van der Waals surface area (Å²) in [6.45, 7) is 0.347.